The molecule has 0 aliphatic heterocycles. The van der Waals surface area contributed by atoms with E-state index in [1.807, 2.05) is 24.3 Å². The molecule has 0 unspecified atom stereocenters. The Morgan fingerprint density at radius 2 is 1.35 bits per heavy atom. The number of Topliss-reactive ketones (excluding diaryl/α,β-unsaturated/α-hetero) is 1. The minimum Gasteiger partial charge on any atom is -0.295 e. The third-order valence-electron chi connectivity index (χ3n) is 4.22. The summed E-state index contributed by atoms with van der Waals surface area (Å²) >= 11 is 3.02. The summed E-state index contributed by atoms with van der Waals surface area (Å²) in [7, 11) is 0. The average molecular weight is 380 g/mol. The molecule has 3 aromatic rings. The van der Waals surface area contributed by atoms with E-state index >= 15 is 0 Å². The highest BCUT2D eigenvalue weighted by Crippen LogP contribution is 2.32. The van der Waals surface area contributed by atoms with E-state index in [0.717, 1.165) is 10.5 Å². The van der Waals surface area contributed by atoms with Gasteiger partial charge in [0, 0.05) is 32.7 Å². The van der Waals surface area contributed by atoms with Gasteiger partial charge in [-0.2, -0.15) is 0 Å². The molecule has 0 N–H and O–H groups in total. The molecule has 0 amide bonds. The summed E-state index contributed by atoms with van der Waals surface area (Å²) in [5.74, 6) is 0.103. The fourth-order valence-corrected chi connectivity index (χ4v) is 4.78. The molecule has 3 aromatic carbocycles. The zero-order valence-corrected chi connectivity index (χ0v) is 17.0. The summed E-state index contributed by atoms with van der Waals surface area (Å²) < 4.78 is 0.0632. The molecule has 0 aromatic heterocycles. The first-order valence-electron chi connectivity index (χ1n) is 8.61. The summed E-state index contributed by atoms with van der Waals surface area (Å²) in [6, 6.07) is 27.2. The largest absolute Gasteiger partial charge is 0.295 e. The normalized spacial score (nSPS) is 11.3. The van der Waals surface area contributed by atoms with E-state index in [1.165, 1.54) is 27.1 Å². The van der Waals surface area contributed by atoms with Gasteiger partial charge >= 0.3 is 0 Å². The molecule has 0 saturated carbocycles. The van der Waals surface area contributed by atoms with Crippen LogP contribution in [0, 0.1) is 0 Å². The Morgan fingerprint density at radius 3 is 1.88 bits per heavy atom. The number of carbonyl (C=O) groups excluding carboxylic acids is 1. The van der Waals surface area contributed by atoms with Crippen molar-refractivity contribution in [2.45, 2.75) is 40.2 Å². The van der Waals surface area contributed by atoms with Crippen LogP contribution in [0.5, 0.6) is 0 Å². The molecular weight excluding hydrogens is 356 g/mol. The number of benzene rings is 3. The molecule has 0 bridgehead atoms. The molecule has 3 heteroatoms. The average Bonchev–Trinajstić information content (AvgIpc) is 2.63. The first-order valence-corrected chi connectivity index (χ1v) is 10.3. The van der Waals surface area contributed by atoms with Crippen molar-refractivity contribution in [1.29, 1.82) is 0 Å². The van der Waals surface area contributed by atoms with Crippen LogP contribution in [0.25, 0.3) is 0 Å². The number of rotatable bonds is 6. The van der Waals surface area contributed by atoms with Crippen molar-refractivity contribution in [3.05, 3.63) is 90.0 Å². The van der Waals surface area contributed by atoms with Crippen molar-refractivity contribution >= 4 is 29.3 Å². The summed E-state index contributed by atoms with van der Waals surface area (Å²) in [6.45, 7) is 6.16. The van der Waals surface area contributed by atoms with E-state index in [-0.39, 0.29) is 10.5 Å². The van der Waals surface area contributed by atoms with E-state index in [0.29, 0.717) is 0 Å². The van der Waals surface area contributed by atoms with Gasteiger partial charge in [0.25, 0.3) is 0 Å². The van der Waals surface area contributed by atoms with Gasteiger partial charge in [-0.15, -0.1) is 0 Å². The van der Waals surface area contributed by atoms with Gasteiger partial charge in [-0.3, -0.25) is 4.79 Å². The number of hydrogen-bond acceptors (Lipinski definition) is 2. The van der Waals surface area contributed by atoms with Crippen molar-refractivity contribution in [2.24, 2.45) is 0 Å². The maximum Gasteiger partial charge on any atom is 0.159 e. The minimum atomic E-state index is 0.0632. The van der Waals surface area contributed by atoms with Gasteiger partial charge in [0.1, 0.15) is 0 Å². The highest BCUT2D eigenvalue weighted by Gasteiger charge is 2.30. The zero-order valence-electron chi connectivity index (χ0n) is 15.3. The summed E-state index contributed by atoms with van der Waals surface area (Å²) in [6.07, 6.45) is 0. The fraction of sp³-hybridized carbons (Fsp3) is 0.174. The summed E-state index contributed by atoms with van der Waals surface area (Å²) in [5, 5.41) is 0. The van der Waals surface area contributed by atoms with Crippen molar-refractivity contribution in [1.82, 2.24) is 0 Å². The van der Waals surface area contributed by atoms with Crippen LogP contribution in [0.4, 0.5) is 0 Å². The van der Waals surface area contributed by atoms with Crippen LogP contribution in [-0.4, -0.2) is 5.78 Å². The van der Waals surface area contributed by atoms with Gasteiger partial charge in [0.15, 0.2) is 15.4 Å². The SMILES string of the molecule is CC(=O)c1ccc(Sc2ccc(C(C)(C)[SH+]c3ccccc3)cc2)cc1. The van der Waals surface area contributed by atoms with Gasteiger partial charge in [-0.25, -0.2) is 0 Å². The Hall–Kier alpha value is -1.97. The van der Waals surface area contributed by atoms with Gasteiger partial charge in [-0.05, 0) is 57.2 Å². The van der Waals surface area contributed by atoms with E-state index in [2.05, 4.69) is 68.4 Å². The minimum absolute atomic E-state index is 0.0632. The molecular formula is C23H23OS2+. The van der Waals surface area contributed by atoms with E-state index < -0.39 is 0 Å². The molecule has 0 aliphatic rings. The lowest BCUT2D eigenvalue weighted by Crippen LogP contribution is -2.19. The highest BCUT2D eigenvalue weighted by molar-refractivity contribution is 7.99. The van der Waals surface area contributed by atoms with Crippen LogP contribution in [-0.2, 0) is 16.5 Å². The summed E-state index contributed by atoms with van der Waals surface area (Å²) in [5.41, 5.74) is 2.09. The van der Waals surface area contributed by atoms with Crippen LogP contribution in [0.3, 0.4) is 0 Å². The van der Waals surface area contributed by atoms with Gasteiger partial charge in [0.2, 0.25) is 0 Å². The van der Waals surface area contributed by atoms with E-state index in [4.69, 9.17) is 0 Å². The Bertz CT molecular complexity index is 866. The molecule has 0 radical (unpaired) electrons. The lowest BCUT2D eigenvalue weighted by molar-refractivity contribution is 0.101. The van der Waals surface area contributed by atoms with Gasteiger partial charge < -0.3 is 0 Å². The smallest absolute Gasteiger partial charge is 0.159 e. The van der Waals surface area contributed by atoms with Crippen molar-refractivity contribution in [3.8, 4) is 0 Å². The fourth-order valence-electron chi connectivity index (χ4n) is 2.71. The van der Waals surface area contributed by atoms with Gasteiger partial charge in [0.05, 0.1) is 0 Å². The van der Waals surface area contributed by atoms with E-state index in [9.17, 15) is 4.79 Å². The first-order chi connectivity index (χ1) is 12.4. The predicted molar refractivity (Wildman–Crippen MR) is 114 cm³/mol. The lowest BCUT2D eigenvalue weighted by atomic mass is 10.0. The van der Waals surface area contributed by atoms with E-state index in [1.54, 1.807) is 18.7 Å². The first kappa shape index (κ1) is 18.8. The standard InChI is InChI=1S/C23H22OS2/c1-17(24)18-9-13-20(14-10-18)25-21-15-11-19(12-16-21)23(2,3)26-22-7-5-4-6-8-22/h4-16H,1-3H3/p+1. The quantitative estimate of drug-likeness (QED) is 0.290. The molecule has 0 heterocycles. The molecule has 1 nitrogen and oxygen atoms in total. The lowest BCUT2D eigenvalue weighted by Gasteiger charge is -2.17. The molecule has 0 spiro atoms. The maximum absolute atomic E-state index is 11.4. The molecule has 132 valence electrons. The van der Waals surface area contributed by atoms with Crippen LogP contribution in [0.2, 0.25) is 0 Å². The zero-order chi connectivity index (χ0) is 18.6. The van der Waals surface area contributed by atoms with Crippen LogP contribution < -0.4 is 0 Å². The topological polar surface area (TPSA) is 17.1 Å². The second-order valence-corrected chi connectivity index (χ2v) is 9.72. The molecule has 0 aliphatic carbocycles. The molecule has 3 rings (SSSR count). The molecule has 0 atom stereocenters. The monoisotopic (exact) mass is 379 g/mol. The second kappa shape index (κ2) is 8.15. The number of thiol groups is 1. The Labute approximate surface area is 164 Å². The molecule has 0 saturated heterocycles. The Balaban J connectivity index is 1.70. The third kappa shape index (κ3) is 4.80. The predicted octanol–water partition coefficient (Wildman–Crippen LogP) is 6.15. The van der Waals surface area contributed by atoms with Crippen LogP contribution >= 0.6 is 11.8 Å². The number of carbonyl (C=O) groups is 1. The third-order valence-corrected chi connectivity index (χ3v) is 6.61. The maximum atomic E-state index is 11.4. The number of ketones is 1. The second-order valence-electron chi connectivity index (χ2n) is 6.71. The molecule has 0 fully saturated rings. The summed E-state index contributed by atoms with van der Waals surface area (Å²) in [4.78, 5) is 15.1. The molecule has 26 heavy (non-hydrogen) atoms. The Morgan fingerprint density at radius 1 is 0.808 bits per heavy atom. The van der Waals surface area contributed by atoms with Crippen molar-refractivity contribution in [2.75, 3.05) is 0 Å². The van der Waals surface area contributed by atoms with Gasteiger partial charge in [-0.1, -0.05) is 54.2 Å². The Kier molecular flexibility index (Phi) is 5.90. The van der Waals surface area contributed by atoms with Crippen LogP contribution in [0.15, 0.2) is 93.5 Å². The number of hydrogen-bond donors (Lipinski definition) is 0. The van der Waals surface area contributed by atoms with Crippen molar-refractivity contribution < 1.29 is 4.79 Å². The van der Waals surface area contributed by atoms with Crippen LogP contribution in [0.1, 0.15) is 36.7 Å². The van der Waals surface area contributed by atoms with Crippen molar-refractivity contribution in [3.63, 3.8) is 0 Å². The highest BCUT2D eigenvalue weighted by atomic mass is 32.2.